The Morgan fingerprint density at radius 2 is 1.72 bits per heavy atom. The predicted molar refractivity (Wildman–Crippen MR) is 75.6 cm³/mol. The van der Waals surface area contributed by atoms with Gasteiger partial charge in [0.2, 0.25) is 0 Å². The van der Waals surface area contributed by atoms with Crippen LogP contribution in [0.5, 0.6) is 0 Å². The van der Waals surface area contributed by atoms with E-state index in [1.807, 2.05) is 19.0 Å². The molecule has 2 amide bonds. The van der Waals surface area contributed by atoms with Gasteiger partial charge in [-0.3, -0.25) is 0 Å². The first-order valence-corrected chi connectivity index (χ1v) is 7.26. The van der Waals surface area contributed by atoms with E-state index in [1.54, 1.807) is 4.90 Å². The number of amides is 2. The lowest BCUT2D eigenvalue weighted by Gasteiger charge is -2.44. The molecule has 1 aliphatic rings. The summed E-state index contributed by atoms with van der Waals surface area (Å²) in [6.07, 6.45) is 8.04. The van der Waals surface area contributed by atoms with Gasteiger partial charge in [0.25, 0.3) is 0 Å². The van der Waals surface area contributed by atoms with E-state index >= 15 is 0 Å². The minimum atomic E-state index is -0.103. The maximum absolute atomic E-state index is 12.4. The predicted octanol–water partition coefficient (Wildman–Crippen LogP) is 2.43. The Bertz CT molecular complexity index is 258. The quantitative estimate of drug-likeness (QED) is 0.784. The molecule has 0 spiro atoms. The summed E-state index contributed by atoms with van der Waals surface area (Å²) in [7, 11) is 3.65. The van der Waals surface area contributed by atoms with Crippen LogP contribution in [-0.2, 0) is 0 Å². The fourth-order valence-corrected chi connectivity index (χ4v) is 2.97. The van der Waals surface area contributed by atoms with E-state index in [4.69, 9.17) is 5.73 Å². The SMILES string of the molecule is CCCN(C(=O)N(C)C)C1(CN)CCCCCC1. The Morgan fingerprint density at radius 3 is 2.11 bits per heavy atom. The summed E-state index contributed by atoms with van der Waals surface area (Å²) in [4.78, 5) is 16.1. The summed E-state index contributed by atoms with van der Waals surface area (Å²) < 4.78 is 0. The second-order valence-electron chi connectivity index (χ2n) is 5.67. The zero-order chi connectivity index (χ0) is 13.6. The molecule has 0 saturated heterocycles. The van der Waals surface area contributed by atoms with Crippen molar-refractivity contribution in [3.63, 3.8) is 0 Å². The molecule has 1 aliphatic carbocycles. The van der Waals surface area contributed by atoms with Crippen molar-refractivity contribution in [1.29, 1.82) is 0 Å². The van der Waals surface area contributed by atoms with E-state index in [1.165, 1.54) is 25.7 Å². The smallest absolute Gasteiger partial charge is 0.319 e. The van der Waals surface area contributed by atoms with Crippen molar-refractivity contribution in [1.82, 2.24) is 9.80 Å². The van der Waals surface area contributed by atoms with Crippen LogP contribution in [0.2, 0.25) is 0 Å². The minimum Gasteiger partial charge on any atom is -0.331 e. The standard InChI is InChI=1S/C14H29N3O/c1-4-11-17(13(18)16(2)3)14(12-15)9-7-5-6-8-10-14/h4-12,15H2,1-3H3. The van der Waals surface area contributed by atoms with Gasteiger partial charge in [-0.15, -0.1) is 0 Å². The van der Waals surface area contributed by atoms with Crippen molar-refractivity contribution in [3.05, 3.63) is 0 Å². The maximum atomic E-state index is 12.4. The lowest BCUT2D eigenvalue weighted by molar-refractivity contribution is 0.0857. The first kappa shape index (κ1) is 15.3. The van der Waals surface area contributed by atoms with E-state index in [0.29, 0.717) is 6.54 Å². The number of carbonyl (C=O) groups is 1. The van der Waals surface area contributed by atoms with Crippen LogP contribution >= 0.6 is 0 Å². The molecule has 4 nitrogen and oxygen atoms in total. The third kappa shape index (κ3) is 3.37. The molecule has 0 bridgehead atoms. The topological polar surface area (TPSA) is 49.6 Å². The molecule has 1 rings (SSSR count). The van der Waals surface area contributed by atoms with Crippen molar-refractivity contribution in [2.75, 3.05) is 27.2 Å². The summed E-state index contributed by atoms with van der Waals surface area (Å²) in [6.45, 7) is 3.53. The molecule has 0 unspecified atom stereocenters. The number of nitrogens with two attached hydrogens (primary N) is 1. The first-order valence-electron chi connectivity index (χ1n) is 7.26. The van der Waals surface area contributed by atoms with E-state index in [2.05, 4.69) is 6.92 Å². The van der Waals surface area contributed by atoms with Crippen LogP contribution < -0.4 is 5.73 Å². The molecule has 0 atom stereocenters. The van der Waals surface area contributed by atoms with E-state index in [9.17, 15) is 4.79 Å². The zero-order valence-electron chi connectivity index (χ0n) is 12.2. The monoisotopic (exact) mass is 255 g/mol. The van der Waals surface area contributed by atoms with E-state index < -0.39 is 0 Å². The molecule has 0 radical (unpaired) electrons. The van der Waals surface area contributed by atoms with Gasteiger partial charge in [-0.2, -0.15) is 0 Å². The van der Waals surface area contributed by atoms with Gasteiger partial charge in [-0.05, 0) is 19.3 Å². The van der Waals surface area contributed by atoms with Crippen LogP contribution in [0.15, 0.2) is 0 Å². The first-order chi connectivity index (χ1) is 8.57. The molecule has 0 aromatic carbocycles. The highest BCUT2D eigenvalue weighted by Crippen LogP contribution is 2.32. The maximum Gasteiger partial charge on any atom is 0.319 e. The number of rotatable bonds is 4. The van der Waals surface area contributed by atoms with Crippen LogP contribution in [0.4, 0.5) is 4.79 Å². The van der Waals surface area contributed by atoms with Crippen molar-refractivity contribution < 1.29 is 4.79 Å². The molecule has 0 aliphatic heterocycles. The fourth-order valence-electron chi connectivity index (χ4n) is 2.97. The van der Waals surface area contributed by atoms with Crippen LogP contribution in [0.1, 0.15) is 51.9 Å². The molecule has 0 heterocycles. The summed E-state index contributed by atoms with van der Waals surface area (Å²) in [5, 5.41) is 0. The molecular formula is C14H29N3O. The Balaban J connectivity index is 2.93. The molecule has 18 heavy (non-hydrogen) atoms. The largest absolute Gasteiger partial charge is 0.331 e. The van der Waals surface area contributed by atoms with Crippen LogP contribution in [0.3, 0.4) is 0 Å². The van der Waals surface area contributed by atoms with Gasteiger partial charge < -0.3 is 15.5 Å². The second kappa shape index (κ2) is 6.98. The van der Waals surface area contributed by atoms with Gasteiger partial charge in [0.15, 0.2) is 0 Å². The number of nitrogens with zero attached hydrogens (tertiary/aromatic N) is 2. The van der Waals surface area contributed by atoms with Crippen molar-refractivity contribution in [3.8, 4) is 0 Å². The molecule has 1 saturated carbocycles. The van der Waals surface area contributed by atoms with Crippen molar-refractivity contribution >= 4 is 6.03 Å². The summed E-state index contributed by atoms with van der Waals surface area (Å²) in [5.74, 6) is 0. The van der Waals surface area contributed by atoms with Crippen LogP contribution in [0, 0.1) is 0 Å². The molecule has 106 valence electrons. The zero-order valence-corrected chi connectivity index (χ0v) is 12.2. The third-order valence-electron chi connectivity index (χ3n) is 4.05. The van der Waals surface area contributed by atoms with Crippen LogP contribution in [0.25, 0.3) is 0 Å². The van der Waals surface area contributed by atoms with E-state index in [-0.39, 0.29) is 11.6 Å². The molecule has 4 heteroatoms. The molecule has 1 fully saturated rings. The molecular weight excluding hydrogens is 226 g/mol. The fraction of sp³-hybridized carbons (Fsp3) is 0.929. The highest BCUT2D eigenvalue weighted by atomic mass is 16.2. The molecule has 2 N–H and O–H groups in total. The average Bonchev–Trinajstić information content (AvgIpc) is 2.61. The number of carbonyl (C=O) groups excluding carboxylic acids is 1. The summed E-state index contributed by atoms with van der Waals surface area (Å²) in [6, 6.07) is 0.115. The minimum absolute atomic E-state index is 0.103. The van der Waals surface area contributed by atoms with Crippen molar-refractivity contribution in [2.24, 2.45) is 5.73 Å². The normalized spacial score (nSPS) is 19.1. The lowest BCUT2D eigenvalue weighted by Crippen LogP contribution is -2.58. The second-order valence-corrected chi connectivity index (χ2v) is 5.67. The van der Waals surface area contributed by atoms with Crippen molar-refractivity contribution in [2.45, 2.75) is 57.4 Å². The lowest BCUT2D eigenvalue weighted by atomic mass is 9.88. The van der Waals surface area contributed by atoms with E-state index in [0.717, 1.165) is 25.8 Å². The van der Waals surface area contributed by atoms with Gasteiger partial charge in [0, 0.05) is 27.2 Å². The number of urea groups is 1. The average molecular weight is 255 g/mol. The van der Waals surface area contributed by atoms with Gasteiger partial charge in [-0.25, -0.2) is 4.79 Å². The molecule has 0 aromatic rings. The van der Waals surface area contributed by atoms with Gasteiger partial charge >= 0.3 is 6.03 Å². The summed E-state index contributed by atoms with van der Waals surface area (Å²) >= 11 is 0. The van der Waals surface area contributed by atoms with Gasteiger partial charge in [0.1, 0.15) is 0 Å². The summed E-state index contributed by atoms with van der Waals surface area (Å²) in [5.41, 5.74) is 5.96. The number of hydrogen-bond acceptors (Lipinski definition) is 2. The van der Waals surface area contributed by atoms with Crippen LogP contribution in [-0.4, -0.2) is 48.6 Å². The molecule has 0 aromatic heterocycles. The Kier molecular flexibility index (Phi) is 5.93. The van der Waals surface area contributed by atoms with Gasteiger partial charge in [0.05, 0.1) is 5.54 Å². The van der Waals surface area contributed by atoms with Gasteiger partial charge in [-0.1, -0.05) is 32.6 Å². The Hall–Kier alpha value is -0.770. The Labute approximate surface area is 111 Å². The number of hydrogen-bond donors (Lipinski definition) is 1. The Morgan fingerprint density at radius 1 is 1.17 bits per heavy atom. The third-order valence-corrected chi connectivity index (χ3v) is 4.05. The highest BCUT2D eigenvalue weighted by Gasteiger charge is 2.38. The highest BCUT2D eigenvalue weighted by molar-refractivity contribution is 5.74.